The molecule has 0 radical (unpaired) electrons. The Morgan fingerprint density at radius 2 is 1.94 bits per heavy atom. The minimum Gasteiger partial charge on any atom is -0.489 e. The van der Waals surface area contributed by atoms with E-state index in [-0.39, 0.29) is 23.3 Å². The zero-order chi connectivity index (χ0) is 25.1. The lowest BCUT2D eigenvalue weighted by atomic mass is 10.1. The largest absolute Gasteiger partial charge is 0.489 e. The minimum absolute atomic E-state index is 0.0169. The molecule has 186 valence electrons. The van der Waals surface area contributed by atoms with Gasteiger partial charge in [-0.05, 0) is 52.1 Å². The molecule has 1 fully saturated rings. The molecule has 0 spiro atoms. The van der Waals surface area contributed by atoms with Crippen LogP contribution in [0.3, 0.4) is 0 Å². The molecule has 0 saturated carbocycles. The number of benzene rings is 2. The first-order valence-electron chi connectivity index (χ1n) is 11.7. The number of fused-ring (bicyclic) bond motifs is 1. The summed E-state index contributed by atoms with van der Waals surface area (Å²) in [5.41, 5.74) is 2.92. The Labute approximate surface area is 209 Å². The fourth-order valence-corrected chi connectivity index (χ4v) is 4.25. The number of piperazine rings is 1. The Morgan fingerprint density at radius 1 is 1.20 bits per heavy atom. The molecule has 2 heterocycles. The zero-order valence-corrected chi connectivity index (χ0v) is 21.2. The highest BCUT2D eigenvalue weighted by atomic mass is 35.5. The van der Waals surface area contributed by atoms with Crippen LogP contribution in [0, 0.1) is 5.82 Å². The van der Waals surface area contributed by atoms with Crippen molar-refractivity contribution in [3.8, 4) is 5.75 Å². The molecule has 1 saturated heterocycles. The Bertz CT molecular complexity index is 1230. The smallest absolute Gasteiger partial charge is 0.341 e. The number of hydrogen-bond acceptors (Lipinski definition) is 7. The van der Waals surface area contributed by atoms with E-state index in [9.17, 15) is 9.18 Å². The van der Waals surface area contributed by atoms with Crippen molar-refractivity contribution in [3.05, 3.63) is 52.9 Å². The summed E-state index contributed by atoms with van der Waals surface area (Å²) in [5, 5.41) is 3.97. The van der Waals surface area contributed by atoms with Gasteiger partial charge in [0.25, 0.3) is 0 Å². The van der Waals surface area contributed by atoms with Gasteiger partial charge in [-0.1, -0.05) is 11.6 Å². The number of likely N-dealkylation sites (N-methyl/N-ethyl adjacent to an activating group) is 1. The van der Waals surface area contributed by atoms with Crippen molar-refractivity contribution in [3.63, 3.8) is 0 Å². The van der Waals surface area contributed by atoms with Gasteiger partial charge in [-0.2, -0.15) is 0 Å². The highest BCUT2D eigenvalue weighted by molar-refractivity contribution is 6.31. The van der Waals surface area contributed by atoms with Crippen LogP contribution in [-0.2, 0) is 4.74 Å². The fraction of sp³-hybridized carbons (Fsp3) is 0.385. The summed E-state index contributed by atoms with van der Waals surface area (Å²) in [6, 6.07) is 8.24. The first kappa shape index (κ1) is 25.0. The Balaban J connectivity index is 1.89. The molecule has 35 heavy (non-hydrogen) atoms. The maximum absolute atomic E-state index is 13.8. The number of pyridine rings is 1. The quantitative estimate of drug-likeness (QED) is 0.430. The average Bonchev–Trinajstić information content (AvgIpc) is 2.81. The molecular weight excluding hydrogens is 471 g/mol. The number of nitrogens with zero attached hydrogens (tertiary/aromatic N) is 3. The topological polar surface area (TPSA) is 66.9 Å². The lowest BCUT2D eigenvalue weighted by Crippen LogP contribution is -2.44. The van der Waals surface area contributed by atoms with Gasteiger partial charge < -0.3 is 24.6 Å². The summed E-state index contributed by atoms with van der Waals surface area (Å²) in [4.78, 5) is 21.9. The van der Waals surface area contributed by atoms with Crippen LogP contribution in [0.15, 0.2) is 36.5 Å². The van der Waals surface area contributed by atoms with Crippen LogP contribution in [0.4, 0.5) is 21.5 Å². The van der Waals surface area contributed by atoms with Crippen molar-refractivity contribution < 1.29 is 18.7 Å². The summed E-state index contributed by atoms with van der Waals surface area (Å²) < 4.78 is 25.2. The van der Waals surface area contributed by atoms with Gasteiger partial charge in [0.1, 0.15) is 17.1 Å². The number of esters is 1. The monoisotopic (exact) mass is 500 g/mol. The molecule has 0 unspecified atom stereocenters. The highest BCUT2D eigenvalue weighted by Gasteiger charge is 2.23. The maximum Gasteiger partial charge on any atom is 0.341 e. The summed E-state index contributed by atoms with van der Waals surface area (Å²) in [5.74, 6) is -0.277. The van der Waals surface area contributed by atoms with E-state index in [1.165, 1.54) is 18.3 Å². The molecule has 0 atom stereocenters. The Hall–Kier alpha value is -3.10. The van der Waals surface area contributed by atoms with Crippen LogP contribution >= 0.6 is 11.6 Å². The van der Waals surface area contributed by atoms with Gasteiger partial charge in [-0.25, -0.2) is 9.18 Å². The van der Waals surface area contributed by atoms with Crippen molar-refractivity contribution >= 4 is 45.5 Å². The molecular formula is C26H30ClFN4O3. The summed E-state index contributed by atoms with van der Waals surface area (Å²) >= 11 is 6.01. The van der Waals surface area contributed by atoms with E-state index in [1.807, 2.05) is 26.0 Å². The molecule has 9 heteroatoms. The maximum atomic E-state index is 13.8. The molecule has 1 aliphatic rings. The molecule has 2 aromatic carbocycles. The Kier molecular flexibility index (Phi) is 7.62. The molecule has 1 aliphatic heterocycles. The van der Waals surface area contributed by atoms with Crippen LogP contribution in [-0.4, -0.2) is 61.8 Å². The molecule has 0 amide bonds. The van der Waals surface area contributed by atoms with Gasteiger partial charge in [-0.3, -0.25) is 4.98 Å². The van der Waals surface area contributed by atoms with Gasteiger partial charge in [-0.15, -0.1) is 0 Å². The van der Waals surface area contributed by atoms with E-state index in [1.54, 1.807) is 13.0 Å². The fourth-order valence-electron chi connectivity index (χ4n) is 4.07. The molecule has 0 bridgehead atoms. The third-order valence-corrected chi connectivity index (χ3v) is 6.13. The standard InChI is InChI=1S/C26H30ClFN4O3/c1-5-34-26(33)19-15-29-22-14-24(35-16(2)3)23(32-10-8-31(4)9-11-32)13-18(22)25(19)30-17-6-7-21(28)20(27)12-17/h6-7,12-16H,5,8-11H2,1-4H3,(H,29,30). The van der Waals surface area contributed by atoms with E-state index in [2.05, 4.69) is 27.1 Å². The van der Waals surface area contributed by atoms with Gasteiger partial charge in [0.05, 0.1) is 34.6 Å². The third kappa shape index (κ3) is 5.60. The number of halogens is 2. The Morgan fingerprint density at radius 3 is 2.60 bits per heavy atom. The SMILES string of the molecule is CCOC(=O)c1cnc2cc(OC(C)C)c(N3CCN(C)CC3)cc2c1Nc1ccc(F)c(Cl)c1. The van der Waals surface area contributed by atoms with E-state index in [0.717, 1.165) is 43.0 Å². The van der Waals surface area contributed by atoms with E-state index >= 15 is 0 Å². The van der Waals surface area contributed by atoms with Crippen LogP contribution in [0.1, 0.15) is 31.1 Å². The molecule has 1 N–H and O–H groups in total. The predicted molar refractivity (Wildman–Crippen MR) is 138 cm³/mol. The van der Waals surface area contributed by atoms with Crippen LogP contribution in [0.25, 0.3) is 10.9 Å². The normalized spacial score (nSPS) is 14.4. The zero-order valence-electron chi connectivity index (χ0n) is 20.4. The van der Waals surface area contributed by atoms with Gasteiger partial charge in [0.15, 0.2) is 0 Å². The van der Waals surface area contributed by atoms with Gasteiger partial charge in [0.2, 0.25) is 0 Å². The first-order chi connectivity index (χ1) is 16.8. The lowest BCUT2D eigenvalue weighted by Gasteiger charge is -2.35. The first-order valence-corrected chi connectivity index (χ1v) is 12.1. The highest BCUT2D eigenvalue weighted by Crippen LogP contribution is 2.39. The molecule has 1 aromatic heterocycles. The number of nitrogens with one attached hydrogen (secondary N) is 1. The van der Waals surface area contributed by atoms with Gasteiger partial charge >= 0.3 is 5.97 Å². The van der Waals surface area contributed by atoms with Crippen molar-refractivity contribution in [2.75, 3.05) is 50.1 Å². The van der Waals surface area contributed by atoms with Crippen LogP contribution < -0.4 is 15.0 Å². The summed E-state index contributed by atoms with van der Waals surface area (Å²) in [6.45, 7) is 9.50. The second kappa shape index (κ2) is 10.7. The molecule has 3 aromatic rings. The van der Waals surface area contributed by atoms with Gasteiger partial charge in [0, 0.05) is 49.5 Å². The number of carbonyl (C=O) groups excluding carboxylic acids is 1. The number of aromatic nitrogens is 1. The van der Waals surface area contributed by atoms with Crippen molar-refractivity contribution in [2.45, 2.75) is 26.9 Å². The van der Waals surface area contributed by atoms with E-state index in [0.29, 0.717) is 16.9 Å². The average molecular weight is 501 g/mol. The van der Waals surface area contributed by atoms with Crippen LogP contribution in [0.5, 0.6) is 5.75 Å². The van der Waals surface area contributed by atoms with E-state index < -0.39 is 11.8 Å². The molecule has 4 rings (SSSR count). The predicted octanol–water partition coefficient (Wildman–Crippen LogP) is 5.49. The number of hydrogen-bond donors (Lipinski definition) is 1. The lowest BCUT2D eigenvalue weighted by molar-refractivity contribution is 0.0527. The number of carbonyl (C=O) groups is 1. The van der Waals surface area contributed by atoms with Crippen LogP contribution in [0.2, 0.25) is 5.02 Å². The third-order valence-electron chi connectivity index (χ3n) is 5.84. The number of anilines is 3. The second-order valence-corrected chi connectivity index (χ2v) is 9.22. The molecule has 0 aliphatic carbocycles. The van der Waals surface area contributed by atoms with Crippen molar-refractivity contribution in [2.24, 2.45) is 0 Å². The van der Waals surface area contributed by atoms with Crippen molar-refractivity contribution in [1.82, 2.24) is 9.88 Å². The minimum atomic E-state index is -0.518. The van der Waals surface area contributed by atoms with E-state index in [4.69, 9.17) is 21.1 Å². The second-order valence-electron chi connectivity index (χ2n) is 8.82. The number of rotatable bonds is 7. The van der Waals surface area contributed by atoms with Crippen molar-refractivity contribution in [1.29, 1.82) is 0 Å². The number of ether oxygens (including phenoxy) is 2. The molecule has 7 nitrogen and oxygen atoms in total. The summed E-state index contributed by atoms with van der Waals surface area (Å²) in [7, 11) is 2.11. The summed E-state index contributed by atoms with van der Waals surface area (Å²) in [6.07, 6.45) is 1.47.